The van der Waals surface area contributed by atoms with E-state index in [1.165, 1.54) is 0 Å². The molecule has 0 unspecified atom stereocenters. The molecular weight excluding hydrogens is 208 g/mol. The van der Waals surface area contributed by atoms with Gasteiger partial charge in [0, 0.05) is 11.1 Å². The highest BCUT2D eigenvalue weighted by Crippen LogP contribution is 2.21. The summed E-state index contributed by atoms with van der Waals surface area (Å²) < 4.78 is 9.91. The van der Waals surface area contributed by atoms with Crippen molar-refractivity contribution in [2.24, 2.45) is 0 Å². The number of hydrogen-bond acceptors (Lipinski definition) is 5. The predicted octanol–water partition coefficient (Wildman–Crippen LogP) is 1.52. The highest BCUT2D eigenvalue weighted by Gasteiger charge is 2.12. The maximum absolute atomic E-state index is 11.3. The summed E-state index contributed by atoms with van der Waals surface area (Å²) in [5.74, 6) is -0.319. The monoisotopic (exact) mass is 220 g/mol. The molecule has 2 N–H and O–H groups in total. The lowest BCUT2D eigenvalue weighted by atomic mass is 10.1. The molecule has 0 aliphatic carbocycles. The number of aromatic nitrogens is 1. The molecule has 1 aromatic carbocycles. The molecule has 0 fully saturated rings. The molecule has 1 heterocycles. The topological polar surface area (TPSA) is 78.3 Å². The summed E-state index contributed by atoms with van der Waals surface area (Å²) in [6.07, 6.45) is 0.101. The molecule has 5 nitrogen and oxygen atoms in total. The van der Waals surface area contributed by atoms with Crippen molar-refractivity contribution >= 4 is 22.6 Å². The normalized spacial score (nSPS) is 10.6. The Morgan fingerprint density at radius 1 is 1.56 bits per heavy atom. The quantitative estimate of drug-likeness (QED) is 0.626. The Labute approximate surface area is 92.2 Å². The molecule has 16 heavy (non-hydrogen) atoms. The summed E-state index contributed by atoms with van der Waals surface area (Å²) >= 11 is 0. The van der Waals surface area contributed by atoms with Crippen LogP contribution in [0, 0.1) is 0 Å². The minimum Gasteiger partial charge on any atom is -0.466 e. The van der Waals surface area contributed by atoms with E-state index in [0.29, 0.717) is 23.6 Å². The molecule has 2 aromatic rings. The summed E-state index contributed by atoms with van der Waals surface area (Å²) in [7, 11) is 0. The number of carbonyl (C=O) groups is 1. The van der Waals surface area contributed by atoms with Gasteiger partial charge in [-0.15, -0.1) is 0 Å². The van der Waals surface area contributed by atoms with Gasteiger partial charge in [0.25, 0.3) is 0 Å². The molecule has 0 saturated carbocycles. The smallest absolute Gasteiger partial charge is 0.312 e. The number of nitrogens with zero attached hydrogens (tertiary/aromatic N) is 1. The SMILES string of the molecule is CCOC(=O)Cc1noc2ccc(N)cc12. The number of nitrogen functional groups attached to an aromatic ring is 1. The fourth-order valence-corrected chi connectivity index (χ4v) is 1.48. The van der Waals surface area contributed by atoms with Crippen molar-refractivity contribution in [2.75, 3.05) is 12.3 Å². The van der Waals surface area contributed by atoms with Crippen molar-refractivity contribution in [3.05, 3.63) is 23.9 Å². The Balaban J connectivity index is 2.30. The lowest BCUT2D eigenvalue weighted by Gasteiger charge is -1.98. The molecule has 0 bridgehead atoms. The van der Waals surface area contributed by atoms with E-state index in [1.807, 2.05) is 0 Å². The third-order valence-electron chi connectivity index (χ3n) is 2.19. The largest absolute Gasteiger partial charge is 0.466 e. The molecule has 2 rings (SSSR count). The number of carbonyl (C=O) groups excluding carboxylic acids is 1. The van der Waals surface area contributed by atoms with E-state index >= 15 is 0 Å². The van der Waals surface area contributed by atoms with Crippen LogP contribution >= 0.6 is 0 Å². The van der Waals surface area contributed by atoms with Gasteiger partial charge in [-0.05, 0) is 25.1 Å². The first-order valence-electron chi connectivity index (χ1n) is 5.00. The third kappa shape index (κ3) is 1.98. The lowest BCUT2D eigenvalue weighted by molar-refractivity contribution is -0.142. The fourth-order valence-electron chi connectivity index (χ4n) is 1.48. The van der Waals surface area contributed by atoms with Gasteiger partial charge in [0.2, 0.25) is 0 Å². The standard InChI is InChI=1S/C11H12N2O3/c1-2-15-11(14)6-9-8-5-7(12)3-4-10(8)16-13-9/h3-5H,2,6,12H2,1H3. The second-order valence-corrected chi connectivity index (χ2v) is 3.37. The number of ether oxygens (including phenoxy) is 1. The fraction of sp³-hybridized carbons (Fsp3) is 0.273. The van der Waals surface area contributed by atoms with Crippen molar-refractivity contribution in [2.45, 2.75) is 13.3 Å². The van der Waals surface area contributed by atoms with Crippen LogP contribution in [0.5, 0.6) is 0 Å². The van der Waals surface area contributed by atoms with Crippen LogP contribution in [0.2, 0.25) is 0 Å². The van der Waals surface area contributed by atoms with Crippen molar-refractivity contribution in [1.29, 1.82) is 0 Å². The second kappa shape index (κ2) is 4.22. The first kappa shape index (κ1) is 10.5. The summed E-state index contributed by atoms with van der Waals surface area (Å²) in [5.41, 5.74) is 7.44. The summed E-state index contributed by atoms with van der Waals surface area (Å²) in [6, 6.07) is 5.19. The van der Waals surface area contributed by atoms with E-state index in [-0.39, 0.29) is 12.4 Å². The van der Waals surface area contributed by atoms with E-state index < -0.39 is 0 Å². The molecular formula is C11H12N2O3. The maximum Gasteiger partial charge on any atom is 0.312 e. The number of esters is 1. The summed E-state index contributed by atoms with van der Waals surface area (Å²) in [5, 5.41) is 4.58. The zero-order chi connectivity index (χ0) is 11.5. The Morgan fingerprint density at radius 3 is 3.12 bits per heavy atom. The molecule has 84 valence electrons. The molecule has 5 heteroatoms. The van der Waals surface area contributed by atoms with Gasteiger partial charge in [-0.2, -0.15) is 0 Å². The Bertz CT molecular complexity index is 519. The van der Waals surface area contributed by atoms with Gasteiger partial charge in [-0.25, -0.2) is 0 Å². The van der Waals surface area contributed by atoms with Crippen LogP contribution in [-0.4, -0.2) is 17.7 Å². The van der Waals surface area contributed by atoms with Gasteiger partial charge in [0.1, 0.15) is 5.69 Å². The van der Waals surface area contributed by atoms with Crippen LogP contribution in [-0.2, 0) is 16.0 Å². The summed E-state index contributed by atoms with van der Waals surface area (Å²) in [6.45, 7) is 2.12. The Hall–Kier alpha value is -2.04. The van der Waals surface area contributed by atoms with Crippen molar-refractivity contribution in [3.63, 3.8) is 0 Å². The molecule has 0 saturated heterocycles. The van der Waals surface area contributed by atoms with Crippen LogP contribution in [0.25, 0.3) is 11.0 Å². The Morgan fingerprint density at radius 2 is 2.38 bits per heavy atom. The van der Waals surface area contributed by atoms with Crippen LogP contribution < -0.4 is 5.73 Å². The molecule has 0 radical (unpaired) electrons. The van der Waals surface area contributed by atoms with Crippen LogP contribution in [0.15, 0.2) is 22.7 Å². The number of nitrogens with two attached hydrogens (primary N) is 1. The van der Waals surface area contributed by atoms with E-state index in [4.69, 9.17) is 15.0 Å². The zero-order valence-electron chi connectivity index (χ0n) is 8.90. The van der Waals surface area contributed by atoms with Crippen molar-refractivity contribution in [1.82, 2.24) is 5.16 Å². The highest BCUT2D eigenvalue weighted by molar-refractivity contribution is 5.86. The van der Waals surface area contributed by atoms with E-state index in [9.17, 15) is 4.79 Å². The van der Waals surface area contributed by atoms with Crippen molar-refractivity contribution in [3.8, 4) is 0 Å². The van der Waals surface area contributed by atoms with Crippen LogP contribution in [0.4, 0.5) is 5.69 Å². The van der Waals surface area contributed by atoms with E-state index in [2.05, 4.69) is 5.16 Å². The van der Waals surface area contributed by atoms with Gasteiger partial charge in [0.05, 0.1) is 13.0 Å². The third-order valence-corrected chi connectivity index (χ3v) is 2.19. The minimum atomic E-state index is -0.319. The molecule has 0 aliphatic heterocycles. The van der Waals surface area contributed by atoms with Crippen molar-refractivity contribution < 1.29 is 14.1 Å². The van der Waals surface area contributed by atoms with Crippen LogP contribution in [0.3, 0.4) is 0 Å². The van der Waals surface area contributed by atoms with Gasteiger partial charge in [-0.3, -0.25) is 4.79 Å². The number of fused-ring (bicyclic) bond motifs is 1. The molecule has 0 spiro atoms. The minimum absolute atomic E-state index is 0.101. The number of anilines is 1. The van der Waals surface area contributed by atoms with Gasteiger partial charge in [0.15, 0.2) is 5.58 Å². The predicted molar refractivity (Wildman–Crippen MR) is 58.8 cm³/mol. The molecule has 0 atom stereocenters. The first-order valence-corrected chi connectivity index (χ1v) is 5.00. The highest BCUT2D eigenvalue weighted by atomic mass is 16.5. The second-order valence-electron chi connectivity index (χ2n) is 3.37. The Kier molecular flexibility index (Phi) is 2.76. The molecule has 0 amide bonds. The average Bonchev–Trinajstić information content (AvgIpc) is 2.61. The molecule has 1 aromatic heterocycles. The summed E-state index contributed by atoms with van der Waals surface area (Å²) in [4.78, 5) is 11.3. The lowest BCUT2D eigenvalue weighted by Crippen LogP contribution is -2.07. The number of hydrogen-bond donors (Lipinski definition) is 1. The van der Waals surface area contributed by atoms with Crippen LogP contribution in [0.1, 0.15) is 12.6 Å². The van der Waals surface area contributed by atoms with Gasteiger partial charge in [-0.1, -0.05) is 5.16 Å². The first-order chi connectivity index (χ1) is 7.70. The van der Waals surface area contributed by atoms with Gasteiger partial charge < -0.3 is 15.0 Å². The number of rotatable bonds is 3. The maximum atomic E-state index is 11.3. The number of benzene rings is 1. The zero-order valence-corrected chi connectivity index (χ0v) is 8.90. The average molecular weight is 220 g/mol. The van der Waals surface area contributed by atoms with E-state index in [0.717, 1.165) is 5.39 Å². The van der Waals surface area contributed by atoms with Gasteiger partial charge >= 0.3 is 5.97 Å². The molecule has 0 aliphatic rings. The van der Waals surface area contributed by atoms with E-state index in [1.54, 1.807) is 25.1 Å².